The Morgan fingerprint density at radius 2 is 2.05 bits per heavy atom. The Bertz CT molecular complexity index is 414. The predicted molar refractivity (Wildman–Crippen MR) is 86.6 cm³/mol. The van der Waals surface area contributed by atoms with E-state index in [9.17, 15) is 4.79 Å². The fraction of sp³-hybridized carbons (Fsp3) is 0.562. The first kappa shape index (κ1) is 18.0. The summed E-state index contributed by atoms with van der Waals surface area (Å²) in [7, 11) is 0. The molecule has 21 heavy (non-hydrogen) atoms. The molecule has 1 aliphatic rings. The van der Waals surface area contributed by atoms with Crippen molar-refractivity contribution in [3.05, 3.63) is 35.9 Å². The van der Waals surface area contributed by atoms with E-state index in [0.717, 1.165) is 25.8 Å². The molecule has 118 valence electrons. The van der Waals surface area contributed by atoms with Crippen LogP contribution in [0.1, 0.15) is 24.8 Å². The van der Waals surface area contributed by atoms with Crippen LogP contribution in [0.3, 0.4) is 0 Å². The van der Waals surface area contributed by atoms with Gasteiger partial charge in [-0.3, -0.25) is 4.79 Å². The lowest BCUT2D eigenvalue weighted by atomic mass is 10.0. The smallest absolute Gasteiger partial charge is 0.248 e. The molecule has 1 unspecified atom stereocenters. The van der Waals surface area contributed by atoms with Crippen molar-refractivity contribution in [1.29, 1.82) is 0 Å². The second-order valence-electron chi connectivity index (χ2n) is 5.26. The highest BCUT2D eigenvalue weighted by Crippen LogP contribution is 2.16. The molecule has 2 rings (SSSR count). The number of carbonyl (C=O) groups excluding carboxylic acids is 1. The number of hydrogen-bond acceptors (Lipinski definition) is 3. The number of amides is 1. The van der Waals surface area contributed by atoms with Crippen LogP contribution in [0.5, 0.6) is 0 Å². The van der Waals surface area contributed by atoms with E-state index in [1.54, 1.807) is 0 Å². The monoisotopic (exact) mass is 312 g/mol. The third-order valence-electron chi connectivity index (χ3n) is 3.82. The third-order valence-corrected chi connectivity index (χ3v) is 3.82. The zero-order valence-corrected chi connectivity index (χ0v) is 13.2. The van der Waals surface area contributed by atoms with Gasteiger partial charge in [-0.1, -0.05) is 30.3 Å². The molecule has 1 fully saturated rings. The van der Waals surface area contributed by atoms with Gasteiger partial charge in [-0.25, -0.2) is 0 Å². The molecule has 1 aromatic rings. The number of rotatable bonds is 6. The minimum atomic E-state index is 0. The lowest BCUT2D eigenvalue weighted by Gasteiger charge is -2.35. The van der Waals surface area contributed by atoms with Crippen LogP contribution in [0.25, 0.3) is 0 Å². The van der Waals surface area contributed by atoms with Crippen LogP contribution < -0.4 is 5.73 Å². The number of halogens is 1. The van der Waals surface area contributed by atoms with Crippen molar-refractivity contribution < 1.29 is 9.53 Å². The Labute approximate surface area is 133 Å². The maximum absolute atomic E-state index is 12.1. The van der Waals surface area contributed by atoms with Crippen LogP contribution in [0.15, 0.2) is 30.3 Å². The van der Waals surface area contributed by atoms with Crippen LogP contribution >= 0.6 is 12.4 Å². The fourth-order valence-electron chi connectivity index (χ4n) is 2.65. The summed E-state index contributed by atoms with van der Waals surface area (Å²) in [6.07, 6.45) is 4.10. The highest BCUT2D eigenvalue weighted by atomic mass is 35.5. The second kappa shape index (κ2) is 9.77. The summed E-state index contributed by atoms with van der Waals surface area (Å²) in [6, 6.07) is 10.4. The van der Waals surface area contributed by atoms with Crippen LogP contribution in [0, 0.1) is 0 Å². The van der Waals surface area contributed by atoms with Crippen molar-refractivity contribution in [3.63, 3.8) is 0 Å². The lowest BCUT2D eigenvalue weighted by Crippen LogP contribution is -2.48. The van der Waals surface area contributed by atoms with Crippen molar-refractivity contribution in [2.45, 2.75) is 31.7 Å². The van der Waals surface area contributed by atoms with Gasteiger partial charge in [-0.2, -0.15) is 0 Å². The van der Waals surface area contributed by atoms with Gasteiger partial charge in [-0.15, -0.1) is 12.4 Å². The van der Waals surface area contributed by atoms with E-state index in [1.807, 2.05) is 23.1 Å². The SMILES string of the molecule is Cl.NCC1CCCCN1C(=O)COCCc1ccccc1. The van der Waals surface area contributed by atoms with Crippen LogP contribution in [-0.2, 0) is 16.0 Å². The molecule has 0 spiro atoms. The molecule has 1 aromatic carbocycles. The van der Waals surface area contributed by atoms with Gasteiger partial charge < -0.3 is 15.4 Å². The van der Waals surface area contributed by atoms with Gasteiger partial charge in [-0.05, 0) is 31.2 Å². The molecule has 1 atom stereocenters. The first-order valence-corrected chi connectivity index (χ1v) is 7.42. The molecule has 0 aromatic heterocycles. The van der Waals surface area contributed by atoms with Gasteiger partial charge in [0, 0.05) is 19.1 Å². The van der Waals surface area contributed by atoms with Crippen LogP contribution in [0.2, 0.25) is 0 Å². The average Bonchev–Trinajstić information content (AvgIpc) is 2.52. The Morgan fingerprint density at radius 3 is 2.76 bits per heavy atom. The first-order chi connectivity index (χ1) is 9.81. The van der Waals surface area contributed by atoms with Gasteiger partial charge in [0.15, 0.2) is 0 Å². The quantitative estimate of drug-likeness (QED) is 0.818. The summed E-state index contributed by atoms with van der Waals surface area (Å²) in [5.74, 6) is 0.0770. The summed E-state index contributed by atoms with van der Waals surface area (Å²) in [6.45, 7) is 2.12. The molecule has 0 bridgehead atoms. The van der Waals surface area contributed by atoms with Gasteiger partial charge >= 0.3 is 0 Å². The van der Waals surface area contributed by atoms with Crippen LogP contribution in [0.4, 0.5) is 0 Å². The summed E-state index contributed by atoms with van der Waals surface area (Å²) in [4.78, 5) is 14.0. The number of likely N-dealkylation sites (tertiary alicyclic amines) is 1. The van der Waals surface area contributed by atoms with E-state index in [0.29, 0.717) is 13.2 Å². The number of carbonyl (C=O) groups is 1. The summed E-state index contributed by atoms with van der Waals surface area (Å²) in [5.41, 5.74) is 6.96. The van der Waals surface area contributed by atoms with E-state index in [4.69, 9.17) is 10.5 Å². The molecule has 1 amide bonds. The van der Waals surface area contributed by atoms with Crippen molar-refractivity contribution in [3.8, 4) is 0 Å². The number of piperidine rings is 1. The molecule has 2 N–H and O–H groups in total. The molecule has 0 saturated carbocycles. The Morgan fingerprint density at radius 1 is 1.29 bits per heavy atom. The topological polar surface area (TPSA) is 55.6 Å². The van der Waals surface area contributed by atoms with Gasteiger partial charge in [0.05, 0.1) is 6.61 Å². The highest BCUT2D eigenvalue weighted by molar-refractivity contribution is 5.85. The zero-order chi connectivity index (χ0) is 14.2. The maximum atomic E-state index is 12.1. The second-order valence-corrected chi connectivity index (χ2v) is 5.26. The molecule has 1 aliphatic heterocycles. The molecule has 0 radical (unpaired) electrons. The molecular formula is C16H25ClN2O2. The number of ether oxygens (including phenoxy) is 1. The molecule has 0 aliphatic carbocycles. The van der Waals surface area contributed by atoms with Crippen molar-refractivity contribution in [2.75, 3.05) is 26.3 Å². The summed E-state index contributed by atoms with van der Waals surface area (Å²) >= 11 is 0. The Kier molecular flexibility index (Phi) is 8.35. The van der Waals surface area contributed by atoms with E-state index in [-0.39, 0.29) is 31.0 Å². The minimum Gasteiger partial charge on any atom is -0.371 e. The number of nitrogens with zero attached hydrogens (tertiary/aromatic N) is 1. The largest absolute Gasteiger partial charge is 0.371 e. The number of nitrogens with two attached hydrogens (primary N) is 1. The van der Waals surface area contributed by atoms with Gasteiger partial charge in [0.1, 0.15) is 6.61 Å². The maximum Gasteiger partial charge on any atom is 0.248 e. The lowest BCUT2D eigenvalue weighted by molar-refractivity contribution is -0.139. The normalized spacial score (nSPS) is 18.1. The zero-order valence-electron chi connectivity index (χ0n) is 12.4. The summed E-state index contributed by atoms with van der Waals surface area (Å²) in [5, 5.41) is 0. The van der Waals surface area contributed by atoms with Crippen LogP contribution in [-0.4, -0.2) is 43.2 Å². The van der Waals surface area contributed by atoms with Crippen molar-refractivity contribution in [2.24, 2.45) is 5.73 Å². The first-order valence-electron chi connectivity index (χ1n) is 7.42. The van der Waals surface area contributed by atoms with Crippen molar-refractivity contribution in [1.82, 2.24) is 4.90 Å². The molecular weight excluding hydrogens is 288 g/mol. The van der Waals surface area contributed by atoms with E-state index >= 15 is 0 Å². The highest BCUT2D eigenvalue weighted by Gasteiger charge is 2.25. The Balaban J connectivity index is 0.00000220. The Hall–Kier alpha value is -1.10. The standard InChI is InChI=1S/C16H24N2O2.ClH/c17-12-15-8-4-5-10-18(15)16(19)13-20-11-9-14-6-2-1-3-7-14;/h1-3,6-7,15H,4-5,8-13,17H2;1H. The molecule has 1 heterocycles. The van der Waals surface area contributed by atoms with Crippen molar-refractivity contribution >= 4 is 18.3 Å². The van der Waals surface area contributed by atoms with E-state index < -0.39 is 0 Å². The molecule has 4 nitrogen and oxygen atoms in total. The predicted octanol–water partition coefficient (Wildman–Crippen LogP) is 2.01. The molecule has 5 heteroatoms. The fourth-order valence-corrected chi connectivity index (χ4v) is 2.65. The summed E-state index contributed by atoms with van der Waals surface area (Å²) < 4.78 is 5.51. The number of hydrogen-bond donors (Lipinski definition) is 1. The molecule has 1 saturated heterocycles. The average molecular weight is 313 g/mol. The van der Waals surface area contributed by atoms with E-state index in [2.05, 4.69) is 12.1 Å². The number of benzene rings is 1. The minimum absolute atomic E-state index is 0. The van der Waals surface area contributed by atoms with E-state index in [1.165, 1.54) is 12.0 Å². The third kappa shape index (κ3) is 5.65. The van der Waals surface area contributed by atoms with Gasteiger partial charge in [0.2, 0.25) is 5.91 Å². The van der Waals surface area contributed by atoms with Gasteiger partial charge in [0.25, 0.3) is 0 Å².